The molecule has 0 aliphatic heterocycles. The second-order valence-electron chi connectivity index (χ2n) is 6.67. The Bertz CT molecular complexity index is 816. The molecule has 0 aliphatic rings. The van der Waals surface area contributed by atoms with Crippen molar-refractivity contribution in [3.63, 3.8) is 0 Å². The van der Waals surface area contributed by atoms with E-state index in [9.17, 15) is 13.2 Å². The van der Waals surface area contributed by atoms with Gasteiger partial charge in [0.1, 0.15) is 0 Å². The zero-order valence-electron chi connectivity index (χ0n) is 14.1. The summed E-state index contributed by atoms with van der Waals surface area (Å²) in [5, 5.41) is 7.92. The summed E-state index contributed by atoms with van der Waals surface area (Å²) in [6.07, 6.45) is 4.33. The summed E-state index contributed by atoms with van der Waals surface area (Å²) in [7, 11) is -3.67. The van der Waals surface area contributed by atoms with Gasteiger partial charge in [-0.3, -0.25) is 4.79 Å². The number of sulfonamides is 1. The van der Waals surface area contributed by atoms with E-state index in [4.69, 9.17) is 5.14 Å². The van der Waals surface area contributed by atoms with Crippen LogP contribution in [-0.4, -0.2) is 25.4 Å². The van der Waals surface area contributed by atoms with Gasteiger partial charge in [-0.05, 0) is 51.0 Å². The topological polar surface area (TPSA) is 94.2 Å². The minimum absolute atomic E-state index is 0.0659. The van der Waals surface area contributed by atoms with Gasteiger partial charge in [-0.1, -0.05) is 12.1 Å². The number of hydrogen-bond donors (Lipinski definition) is 2. The number of carbonyl (C=O) groups is 1. The molecule has 7 heteroatoms. The number of carbonyl (C=O) groups excluding carboxylic acids is 1. The molecule has 0 spiro atoms. The monoisotopic (exact) mass is 349 g/mol. The van der Waals surface area contributed by atoms with Gasteiger partial charge in [-0.25, -0.2) is 13.6 Å². The molecular weight excluding hydrogens is 326 g/mol. The molecule has 0 saturated heterocycles. The van der Waals surface area contributed by atoms with E-state index in [2.05, 4.69) is 26.1 Å². The lowest BCUT2D eigenvalue weighted by atomic mass is 10.1. The van der Waals surface area contributed by atoms with Crippen LogP contribution in [0.4, 0.5) is 0 Å². The van der Waals surface area contributed by atoms with Crippen molar-refractivity contribution in [3.8, 4) is 0 Å². The van der Waals surface area contributed by atoms with Gasteiger partial charge in [-0.15, -0.1) is 0 Å². The lowest BCUT2D eigenvalue weighted by molar-refractivity contribution is 0.0954. The van der Waals surface area contributed by atoms with Crippen LogP contribution in [-0.2, 0) is 22.0 Å². The molecule has 0 bridgehead atoms. The Morgan fingerprint density at radius 2 is 1.79 bits per heavy atom. The molecule has 2 rings (SSSR count). The highest BCUT2D eigenvalue weighted by Gasteiger charge is 2.15. The molecule has 130 valence electrons. The van der Waals surface area contributed by atoms with Crippen molar-refractivity contribution in [3.05, 3.63) is 53.9 Å². The number of nitrogens with zero attached hydrogens (tertiary/aromatic N) is 1. The maximum atomic E-state index is 12.1. The Hall–Kier alpha value is -2.12. The fourth-order valence-electron chi connectivity index (χ4n) is 2.22. The van der Waals surface area contributed by atoms with Crippen LogP contribution in [0.15, 0.2) is 47.6 Å². The smallest absolute Gasteiger partial charge is 0.252 e. The number of nitrogens with one attached hydrogen (secondary N) is 1. The molecular formula is C17H23N3O3S. The van der Waals surface area contributed by atoms with Crippen molar-refractivity contribution in [2.24, 2.45) is 5.14 Å². The molecule has 0 atom stereocenters. The summed E-state index contributed by atoms with van der Waals surface area (Å²) in [6.45, 7) is 6.67. The van der Waals surface area contributed by atoms with Gasteiger partial charge in [0.2, 0.25) is 10.0 Å². The number of benzene rings is 1. The maximum absolute atomic E-state index is 12.1. The van der Waals surface area contributed by atoms with Gasteiger partial charge >= 0.3 is 0 Å². The first-order valence-electron chi connectivity index (χ1n) is 7.66. The van der Waals surface area contributed by atoms with Crippen molar-refractivity contribution in [1.29, 1.82) is 0 Å². The molecule has 0 aliphatic carbocycles. The van der Waals surface area contributed by atoms with Gasteiger partial charge in [-0.2, -0.15) is 0 Å². The number of rotatable bonds is 5. The highest BCUT2D eigenvalue weighted by molar-refractivity contribution is 7.89. The van der Waals surface area contributed by atoms with E-state index in [0.29, 0.717) is 18.5 Å². The summed E-state index contributed by atoms with van der Waals surface area (Å²) in [5.41, 5.74) is 1.48. The lowest BCUT2D eigenvalue weighted by Gasteiger charge is -2.20. The molecule has 24 heavy (non-hydrogen) atoms. The second-order valence-corrected chi connectivity index (χ2v) is 8.23. The normalized spacial score (nSPS) is 12.2. The Morgan fingerprint density at radius 1 is 1.17 bits per heavy atom. The summed E-state index contributed by atoms with van der Waals surface area (Å²) in [6, 6.07) is 8.12. The largest absolute Gasteiger partial charge is 0.352 e. The zero-order valence-corrected chi connectivity index (χ0v) is 14.9. The van der Waals surface area contributed by atoms with E-state index in [1.165, 1.54) is 12.1 Å². The van der Waals surface area contributed by atoms with E-state index < -0.39 is 10.0 Å². The van der Waals surface area contributed by atoms with Crippen molar-refractivity contribution < 1.29 is 13.2 Å². The summed E-state index contributed by atoms with van der Waals surface area (Å²) < 4.78 is 24.4. The second kappa shape index (κ2) is 6.78. The van der Waals surface area contributed by atoms with E-state index >= 15 is 0 Å². The van der Waals surface area contributed by atoms with Crippen LogP contribution in [0.25, 0.3) is 0 Å². The van der Waals surface area contributed by atoms with E-state index in [1.54, 1.807) is 18.2 Å². The minimum Gasteiger partial charge on any atom is -0.352 e. The molecule has 6 nitrogen and oxygen atoms in total. The quantitative estimate of drug-likeness (QED) is 0.863. The van der Waals surface area contributed by atoms with E-state index in [-0.39, 0.29) is 16.3 Å². The van der Waals surface area contributed by atoms with Crippen LogP contribution < -0.4 is 10.5 Å². The highest BCUT2D eigenvalue weighted by Crippen LogP contribution is 2.15. The third kappa shape index (κ3) is 4.69. The van der Waals surface area contributed by atoms with Gasteiger partial charge < -0.3 is 9.88 Å². The zero-order chi connectivity index (χ0) is 18.0. The molecule has 3 N–H and O–H groups in total. The number of hydrogen-bond acceptors (Lipinski definition) is 3. The predicted octanol–water partition coefficient (Wildman–Crippen LogP) is 1.86. The van der Waals surface area contributed by atoms with Gasteiger partial charge in [0, 0.05) is 24.5 Å². The first-order chi connectivity index (χ1) is 11.1. The molecule has 1 heterocycles. The third-order valence-corrected chi connectivity index (χ3v) is 4.61. The van der Waals surface area contributed by atoms with Crippen molar-refractivity contribution in [1.82, 2.24) is 9.88 Å². The Balaban J connectivity index is 1.90. The number of primary sulfonamides is 1. The third-order valence-electron chi connectivity index (χ3n) is 3.68. The van der Waals surface area contributed by atoms with Crippen LogP contribution >= 0.6 is 0 Å². The molecule has 1 amide bonds. The van der Waals surface area contributed by atoms with Crippen LogP contribution in [0.5, 0.6) is 0 Å². The average molecular weight is 349 g/mol. The number of nitrogens with two attached hydrogens (primary N) is 1. The Kier molecular flexibility index (Phi) is 5.15. The number of amides is 1. The predicted molar refractivity (Wildman–Crippen MR) is 93.3 cm³/mol. The molecule has 0 saturated carbocycles. The van der Waals surface area contributed by atoms with E-state index in [0.717, 1.165) is 5.56 Å². The van der Waals surface area contributed by atoms with Crippen LogP contribution in [0, 0.1) is 0 Å². The molecule has 0 radical (unpaired) electrons. The first kappa shape index (κ1) is 18.2. The molecule has 1 aromatic carbocycles. The van der Waals surface area contributed by atoms with Crippen molar-refractivity contribution in [2.45, 2.75) is 37.6 Å². The van der Waals surface area contributed by atoms with Crippen molar-refractivity contribution in [2.75, 3.05) is 6.54 Å². The standard InChI is InChI=1S/C17H23N3O3S/c1-17(2,3)20-11-9-14(12-20)16(21)19-10-8-13-4-6-15(7-5-13)24(18,22)23/h4-7,9,11-12H,8,10H2,1-3H3,(H,19,21)(H2,18,22,23). The lowest BCUT2D eigenvalue weighted by Crippen LogP contribution is -2.26. The van der Waals surface area contributed by atoms with Gasteiger partial charge in [0.15, 0.2) is 0 Å². The fourth-order valence-corrected chi connectivity index (χ4v) is 2.73. The van der Waals surface area contributed by atoms with Gasteiger partial charge in [0.05, 0.1) is 10.5 Å². The van der Waals surface area contributed by atoms with Crippen LogP contribution in [0.3, 0.4) is 0 Å². The maximum Gasteiger partial charge on any atom is 0.252 e. The average Bonchev–Trinajstić information content (AvgIpc) is 2.96. The first-order valence-corrected chi connectivity index (χ1v) is 9.20. The van der Waals surface area contributed by atoms with Crippen LogP contribution in [0.1, 0.15) is 36.7 Å². The van der Waals surface area contributed by atoms with E-state index in [1.807, 2.05) is 17.0 Å². The number of aromatic nitrogens is 1. The Labute approximate surface area is 142 Å². The summed E-state index contributed by atoms with van der Waals surface area (Å²) >= 11 is 0. The van der Waals surface area contributed by atoms with Crippen molar-refractivity contribution >= 4 is 15.9 Å². The summed E-state index contributed by atoms with van der Waals surface area (Å²) in [5.74, 6) is -0.126. The molecule has 0 unspecified atom stereocenters. The highest BCUT2D eigenvalue weighted by atomic mass is 32.2. The minimum atomic E-state index is -3.67. The fraction of sp³-hybridized carbons (Fsp3) is 0.353. The Morgan fingerprint density at radius 3 is 2.29 bits per heavy atom. The van der Waals surface area contributed by atoms with Crippen LogP contribution in [0.2, 0.25) is 0 Å². The SMILES string of the molecule is CC(C)(C)n1ccc(C(=O)NCCc2ccc(S(N)(=O)=O)cc2)c1. The molecule has 2 aromatic rings. The van der Waals surface area contributed by atoms with Gasteiger partial charge in [0.25, 0.3) is 5.91 Å². The molecule has 0 fully saturated rings. The summed E-state index contributed by atoms with van der Waals surface area (Å²) in [4.78, 5) is 12.2. The molecule has 1 aromatic heterocycles.